The smallest absolute Gasteiger partial charge is 0.311 e. The topological polar surface area (TPSA) is 66.4 Å². The fourth-order valence-electron chi connectivity index (χ4n) is 2.17. The van der Waals surface area contributed by atoms with Crippen LogP contribution in [0.4, 0.5) is 0 Å². The van der Waals surface area contributed by atoms with Gasteiger partial charge in [-0.25, -0.2) is 0 Å². The summed E-state index contributed by atoms with van der Waals surface area (Å²) in [5.41, 5.74) is -1.14. The first kappa shape index (κ1) is 14.0. The van der Waals surface area contributed by atoms with Crippen LogP contribution >= 0.6 is 0 Å². The second-order valence-electron chi connectivity index (χ2n) is 5.71. The lowest BCUT2D eigenvalue weighted by Crippen LogP contribution is -2.45. The Morgan fingerprint density at radius 3 is 2.24 bits per heavy atom. The molecule has 1 rings (SSSR count). The molecule has 0 saturated heterocycles. The Morgan fingerprint density at radius 1 is 1.29 bits per heavy atom. The molecule has 1 saturated carbocycles. The van der Waals surface area contributed by atoms with E-state index in [4.69, 9.17) is 0 Å². The molecule has 0 aromatic heterocycles. The lowest BCUT2D eigenvalue weighted by Gasteiger charge is -2.27. The van der Waals surface area contributed by atoms with E-state index in [1.54, 1.807) is 0 Å². The summed E-state index contributed by atoms with van der Waals surface area (Å²) in [5, 5.41) is 12.1. The van der Waals surface area contributed by atoms with Gasteiger partial charge in [0.1, 0.15) is 0 Å². The van der Waals surface area contributed by atoms with Gasteiger partial charge >= 0.3 is 5.97 Å². The molecule has 0 unspecified atom stereocenters. The van der Waals surface area contributed by atoms with Gasteiger partial charge in [-0.05, 0) is 19.3 Å². The van der Waals surface area contributed by atoms with Gasteiger partial charge in [0.25, 0.3) is 0 Å². The maximum Gasteiger partial charge on any atom is 0.311 e. The van der Waals surface area contributed by atoms with E-state index in [9.17, 15) is 14.7 Å². The summed E-state index contributed by atoms with van der Waals surface area (Å²) in [6.45, 7) is 5.99. The number of carboxylic acid groups (broad SMARTS) is 1. The van der Waals surface area contributed by atoms with Crippen molar-refractivity contribution in [1.82, 2.24) is 5.32 Å². The van der Waals surface area contributed by atoms with E-state index in [0.29, 0.717) is 12.8 Å². The molecule has 1 fully saturated rings. The Hall–Kier alpha value is -1.06. The first-order valence-corrected chi connectivity index (χ1v) is 6.36. The van der Waals surface area contributed by atoms with Crippen LogP contribution in [0.15, 0.2) is 0 Å². The summed E-state index contributed by atoms with van der Waals surface area (Å²) in [4.78, 5) is 23.2. The highest BCUT2D eigenvalue weighted by molar-refractivity contribution is 5.83. The SMILES string of the molecule is CCC(C)(C)C(=O)NCC1(C(=O)O)CCCC1. The van der Waals surface area contributed by atoms with Gasteiger partial charge in [0.05, 0.1) is 5.41 Å². The molecular weight excluding hydrogens is 218 g/mol. The number of aliphatic carboxylic acids is 1. The highest BCUT2D eigenvalue weighted by Crippen LogP contribution is 2.38. The van der Waals surface area contributed by atoms with E-state index in [0.717, 1.165) is 19.3 Å². The molecule has 98 valence electrons. The molecule has 0 bridgehead atoms. The van der Waals surface area contributed by atoms with Gasteiger partial charge in [0.15, 0.2) is 0 Å². The molecule has 1 amide bonds. The zero-order valence-electron chi connectivity index (χ0n) is 11.0. The molecule has 0 aromatic rings. The monoisotopic (exact) mass is 241 g/mol. The van der Waals surface area contributed by atoms with E-state index in [1.165, 1.54) is 0 Å². The number of carboxylic acids is 1. The number of nitrogens with one attached hydrogen (secondary N) is 1. The Kier molecular flexibility index (Phi) is 4.17. The number of amides is 1. The van der Waals surface area contributed by atoms with Crippen LogP contribution in [0.5, 0.6) is 0 Å². The molecule has 0 aromatic carbocycles. The Bertz CT molecular complexity index is 304. The third-order valence-electron chi connectivity index (χ3n) is 4.10. The van der Waals surface area contributed by atoms with Crippen molar-refractivity contribution in [3.05, 3.63) is 0 Å². The number of rotatable bonds is 5. The average Bonchev–Trinajstić information content (AvgIpc) is 2.75. The maximum absolute atomic E-state index is 11.9. The molecule has 0 aliphatic heterocycles. The number of carbonyl (C=O) groups excluding carboxylic acids is 1. The first-order chi connectivity index (χ1) is 7.84. The van der Waals surface area contributed by atoms with Crippen LogP contribution in [0.2, 0.25) is 0 Å². The number of hydrogen-bond donors (Lipinski definition) is 2. The minimum atomic E-state index is -0.774. The standard InChI is InChI=1S/C13H23NO3/c1-4-12(2,3)10(15)14-9-13(11(16)17)7-5-6-8-13/h4-9H2,1-3H3,(H,14,15)(H,16,17). The zero-order chi connectivity index (χ0) is 13.1. The van der Waals surface area contributed by atoms with Crippen molar-refractivity contribution in [2.45, 2.75) is 52.9 Å². The Labute approximate surface area is 103 Å². The second-order valence-corrected chi connectivity index (χ2v) is 5.71. The third-order valence-corrected chi connectivity index (χ3v) is 4.10. The average molecular weight is 241 g/mol. The van der Waals surface area contributed by atoms with Crippen LogP contribution in [-0.2, 0) is 9.59 Å². The minimum Gasteiger partial charge on any atom is -0.481 e. The normalized spacial score (nSPS) is 19.0. The molecule has 0 atom stereocenters. The third kappa shape index (κ3) is 2.99. The van der Waals surface area contributed by atoms with Crippen molar-refractivity contribution >= 4 is 11.9 Å². The minimum absolute atomic E-state index is 0.0486. The maximum atomic E-state index is 11.9. The van der Waals surface area contributed by atoms with Crippen molar-refractivity contribution < 1.29 is 14.7 Å². The van der Waals surface area contributed by atoms with Crippen LogP contribution in [0.25, 0.3) is 0 Å². The van der Waals surface area contributed by atoms with E-state index < -0.39 is 16.8 Å². The molecular formula is C13H23NO3. The van der Waals surface area contributed by atoms with Gasteiger partial charge in [-0.15, -0.1) is 0 Å². The van der Waals surface area contributed by atoms with Crippen molar-refractivity contribution in [1.29, 1.82) is 0 Å². The van der Waals surface area contributed by atoms with E-state index in [2.05, 4.69) is 5.32 Å². The van der Waals surface area contributed by atoms with Crippen LogP contribution in [-0.4, -0.2) is 23.5 Å². The van der Waals surface area contributed by atoms with Gasteiger partial charge in [-0.2, -0.15) is 0 Å². The van der Waals surface area contributed by atoms with Gasteiger partial charge in [0.2, 0.25) is 5.91 Å². The highest BCUT2D eigenvalue weighted by Gasteiger charge is 2.42. The van der Waals surface area contributed by atoms with Gasteiger partial charge in [-0.3, -0.25) is 9.59 Å². The predicted molar refractivity (Wildman–Crippen MR) is 65.6 cm³/mol. The van der Waals surface area contributed by atoms with Crippen LogP contribution < -0.4 is 5.32 Å². The summed E-state index contributed by atoms with van der Waals surface area (Å²) >= 11 is 0. The summed E-state index contributed by atoms with van der Waals surface area (Å²) in [7, 11) is 0. The summed E-state index contributed by atoms with van der Waals surface area (Å²) in [6, 6.07) is 0. The summed E-state index contributed by atoms with van der Waals surface area (Å²) in [6.07, 6.45) is 3.99. The Balaban J connectivity index is 2.60. The molecule has 0 spiro atoms. The molecule has 2 N–H and O–H groups in total. The molecule has 1 aliphatic carbocycles. The second kappa shape index (κ2) is 5.07. The zero-order valence-corrected chi connectivity index (χ0v) is 11.0. The van der Waals surface area contributed by atoms with Crippen LogP contribution in [0.3, 0.4) is 0 Å². The Morgan fingerprint density at radius 2 is 1.82 bits per heavy atom. The van der Waals surface area contributed by atoms with Crippen molar-refractivity contribution in [2.75, 3.05) is 6.54 Å². The molecule has 0 heterocycles. The number of carbonyl (C=O) groups is 2. The van der Waals surface area contributed by atoms with Crippen molar-refractivity contribution in [2.24, 2.45) is 10.8 Å². The molecule has 17 heavy (non-hydrogen) atoms. The van der Waals surface area contributed by atoms with Gasteiger partial charge < -0.3 is 10.4 Å². The fourth-order valence-corrected chi connectivity index (χ4v) is 2.17. The van der Waals surface area contributed by atoms with E-state index >= 15 is 0 Å². The van der Waals surface area contributed by atoms with Crippen molar-refractivity contribution in [3.8, 4) is 0 Å². The predicted octanol–water partition coefficient (Wildman–Crippen LogP) is 2.18. The highest BCUT2D eigenvalue weighted by atomic mass is 16.4. The van der Waals surface area contributed by atoms with Crippen LogP contribution in [0, 0.1) is 10.8 Å². The molecule has 0 radical (unpaired) electrons. The molecule has 4 heteroatoms. The van der Waals surface area contributed by atoms with Crippen molar-refractivity contribution in [3.63, 3.8) is 0 Å². The largest absolute Gasteiger partial charge is 0.481 e. The van der Waals surface area contributed by atoms with E-state index in [-0.39, 0.29) is 12.5 Å². The summed E-state index contributed by atoms with van der Waals surface area (Å²) < 4.78 is 0. The summed E-state index contributed by atoms with van der Waals surface area (Å²) in [5.74, 6) is -0.822. The quantitative estimate of drug-likeness (QED) is 0.775. The van der Waals surface area contributed by atoms with Crippen LogP contribution in [0.1, 0.15) is 52.9 Å². The van der Waals surface area contributed by atoms with Gasteiger partial charge in [-0.1, -0.05) is 33.6 Å². The lowest BCUT2D eigenvalue weighted by atomic mass is 9.84. The first-order valence-electron chi connectivity index (χ1n) is 6.36. The number of hydrogen-bond acceptors (Lipinski definition) is 2. The van der Waals surface area contributed by atoms with E-state index in [1.807, 2.05) is 20.8 Å². The fraction of sp³-hybridized carbons (Fsp3) is 0.846. The molecule has 1 aliphatic rings. The lowest BCUT2D eigenvalue weighted by molar-refractivity contribution is -0.148. The van der Waals surface area contributed by atoms with Gasteiger partial charge in [0, 0.05) is 12.0 Å². The molecule has 4 nitrogen and oxygen atoms in total.